The van der Waals surface area contributed by atoms with Crippen molar-refractivity contribution in [2.75, 3.05) is 4.31 Å². The number of fused-ring (bicyclic) bond motifs is 1. The lowest BCUT2D eigenvalue weighted by Crippen LogP contribution is -2.35. The van der Waals surface area contributed by atoms with E-state index in [2.05, 4.69) is 0 Å². The van der Waals surface area contributed by atoms with Gasteiger partial charge in [-0.3, -0.25) is 4.31 Å². The van der Waals surface area contributed by atoms with Crippen LogP contribution in [-0.2, 0) is 16.4 Å². The molecule has 20 heavy (non-hydrogen) atoms. The molecule has 0 aliphatic carbocycles. The second-order valence-electron chi connectivity index (χ2n) is 5.30. The summed E-state index contributed by atoms with van der Waals surface area (Å²) in [6, 6.07) is 14.7. The van der Waals surface area contributed by atoms with Crippen molar-refractivity contribution in [1.29, 1.82) is 0 Å². The quantitative estimate of drug-likeness (QED) is 0.851. The van der Waals surface area contributed by atoms with Gasteiger partial charge in [-0.05, 0) is 44.0 Å². The van der Waals surface area contributed by atoms with Gasteiger partial charge >= 0.3 is 0 Å². The summed E-state index contributed by atoms with van der Waals surface area (Å²) in [6.45, 7) is 3.90. The zero-order valence-electron chi connectivity index (χ0n) is 11.6. The Hall–Kier alpha value is -1.81. The Balaban J connectivity index is 2.10. The fourth-order valence-corrected chi connectivity index (χ4v) is 4.42. The molecule has 104 valence electrons. The molecular weight excluding hydrogens is 270 g/mol. The third-order valence-corrected chi connectivity index (χ3v) is 5.66. The van der Waals surface area contributed by atoms with E-state index < -0.39 is 10.0 Å². The van der Waals surface area contributed by atoms with Gasteiger partial charge in [0.25, 0.3) is 10.0 Å². The van der Waals surface area contributed by atoms with Crippen LogP contribution in [0.25, 0.3) is 0 Å². The largest absolute Gasteiger partial charge is 0.264 e. The van der Waals surface area contributed by atoms with Crippen LogP contribution >= 0.6 is 0 Å². The molecule has 4 heteroatoms. The average molecular weight is 287 g/mol. The molecule has 0 saturated carbocycles. The highest BCUT2D eigenvalue weighted by Gasteiger charge is 2.35. The van der Waals surface area contributed by atoms with Crippen molar-refractivity contribution in [2.24, 2.45) is 0 Å². The maximum Gasteiger partial charge on any atom is 0.264 e. The first-order chi connectivity index (χ1) is 9.50. The van der Waals surface area contributed by atoms with Gasteiger partial charge in [0.2, 0.25) is 0 Å². The number of sulfonamides is 1. The summed E-state index contributed by atoms with van der Waals surface area (Å²) in [4.78, 5) is 0.353. The van der Waals surface area contributed by atoms with E-state index in [1.807, 2.05) is 50.2 Å². The van der Waals surface area contributed by atoms with Crippen molar-refractivity contribution in [3.8, 4) is 0 Å². The molecule has 0 radical (unpaired) electrons. The first-order valence-corrected chi connectivity index (χ1v) is 8.13. The van der Waals surface area contributed by atoms with Gasteiger partial charge in [0.1, 0.15) is 0 Å². The van der Waals surface area contributed by atoms with Gasteiger partial charge in [-0.1, -0.05) is 35.9 Å². The molecular formula is C16H17NO2S. The molecule has 3 nitrogen and oxygen atoms in total. The van der Waals surface area contributed by atoms with Gasteiger partial charge in [-0.25, -0.2) is 8.42 Å². The molecule has 0 aromatic heterocycles. The molecule has 0 spiro atoms. The number of rotatable bonds is 2. The third kappa shape index (κ3) is 2.00. The van der Waals surface area contributed by atoms with E-state index in [9.17, 15) is 8.42 Å². The van der Waals surface area contributed by atoms with Crippen molar-refractivity contribution >= 4 is 15.7 Å². The monoisotopic (exact) mass is 287 g/mol. The number of nitrogens with zero attached hydrogens (tertiary/aromatic N) is 1. The number of aryl methyl sites for hydroxylation is 1. The summed E-state index contributed by atoms with van der Waals surface area (Å²) in [6.07, 6.45) is 0.765. The molecule has 1 atom stereocenters. The van der Waals surface area contributed by atoms with E-state index in [1.54, 1.807) is 16.4 Å². The van der Waals surface area contributed by atoms with Crippen LogP contribution in [0.2, 0.25) is 0 Å². The second kappa shape index (κ2) is 4.63. The maximum atomic E-state index is 12.8. The molecule has 1 heterocycles. The topological polar surface area (TPSA) is 37.4 Å². The number of hydrogen-bond acceptors (Lipinski definition) is 2. The Bertz CT molecular complexity index is 735. The number of benzene rings is 2. The molecule has 2 aromatic carbocycles. The first-order valence-electron chi connectivity index (χ1n) is 6.69. The van der Waals surface area contributed by atoms with Crippen molar-refractivity contribution in [3.05, 3.63) is 59.7 Å². The molecule has 0 bridgehead atoms. The first kappa shape index (κ1) is 13.2. The van der Waals surface area contributed by atoms with Crippen LogP contribution in [-0.4, -0.2) is 14.5 Å². The van der Waals surface area contributed by atoms with E-state index in [0.717, 1.165) is 23.2 Å². The Labute approximate surface area is 119 Å². The van der Waals surface area contributed by atoms with Gasteiger partial charge < -0.3 is 0 Å². The van der Waals surface area contributed by atoms with Gasteiger partial charge in [-0.2, -0.15) is 0 Å². The Morgan fingerprint density at radius 1 is 1.05 bits per heavy atom. The van der Waals surface area contributed by atoms with Crippen LogP contribution < -0.4 is 4.31 Å². The summed E-state index contributed by atoms with van der Waals surface area (Å²) in [5, 5.41) is 0. The molecule has 0 saturated heterocycles. The predicted octanol–water partition coefficient (Wildman–Crippen LogP) is 3.13. The van der Waals surface area contributed by atoms with E-state index in [4.69, 9.17) is 0 Å². The summed E-state index contributed by atoms with van der Waals surface area (Å²) in [5.41, 5.74) is 2.95. The molecule has 1 aliphatic rings. The highest BCUT2D eigenvalue weighted by molar-refractivity contribution is 7.92. The van der Waals surface area contributed by atoms with Gasteiger partial charge in [0.05, 0.1) is 10.6 Å². The van der Waals surface area contributed by atoms with E-state index in [1.165, 1.54) is 0 Å². The molecule has 1 aliphatic heterocycles. The van der Waals surface area contributed by atoms with Crippen LogP contribution in [0, 0.1) is 6.92 Å². The Morgan fingerprint density at radius 2 is 1.70 bits per heavy atom. The summed E-state index contributed by atoms with van der Waals surface area (Å²) >= 11 is 0. The van der Waals surface area contributed by atoms with Crippen LogP contribution in [0.5, 0.6) is 0 Å². The predicted molar refractivity (Wildman–Crippen MR) is 80.5 cm³/mol. The lowest BCUT2D eigenvalue weighted by molar-refractivity contribution is 0.584. The zero-order chi connectivity index (χ0) is 14.3. The molecule has 0 unspecified atom stereocenters. The molecule has 3 rings (SSSR count). The molecule has 0 fully saturated rings. The third-order valence-electron chi connectivity index (χ3n) is 3.72. The van der Waals surface area contributed by atoms with Crippen LogP contribution in [0.1, 0.15) is 18.1 Å². The van der Waals surface area contributed by atoms with Gasteiger partial charge in [-0.15, -0.1) is 0 Å². The fourth-order valence-electron chi connectivity index (χ4n) is 2.73. The smallest absolute Gasteiger partial charge is 0.263 e. The van der Waals surface area contributed by atoms with Crippen LogP contribution in [0.15, 0.2) is 53.4 Å². The van der Waals surface area contributed by atoms with Crippen LogP contribution in [0.3, 0.4) is 0 Å². The van der Waals surface area contributed by atoms with Crippen LogP contribution in [0.4, 0.5) is 5.69 Å². The number of anilines is 1. The minimum absolute atomic E-state index is 0.0429. The van der Waals surface area contributed by atoms with Crippen molar-refractivity contribution < 1.29 is 8.42 Å². The Kier molecular flexibility index (Phi) is 3.05. The minimum Gasteiger partial charge on any atom is -0.263 e. The van der Waals surface area contributed by atoms with Crippen molar-refractivity contribution in [2.45, 2.75) is 31.2 Å². The summed E-state index contributed by atoms with van der Waals surface area (Å²) in [5.74, 6) is 0. The van der Waals surface area contributed by atoms with Crippen molar-refractivity contribution in [1.82, 2.24) is 0 Å². The number of para-hydroxylation sites is 1. The summed E-state index contributed by atoms with van der Waals surface area (Å²) < 4.78 is 27.2. The van der Waals surface area contributed by atoms with Crippen molar-refractivity contribution in [3.63, 3.8) is 0 Å². The normalized spacial score (nSPS) is 18.1. The lowest BCUT2D eigenvalue weighted by atomic mass is 10.1. The zero-order valence-corrected chi connectivity index (χ0v) is 12.4. The number of hydrogen-bond donors (Lipinski definition) is 0. The highest BCUT2D eigenvalue weighted by Crippen LogP contribution is 2.36. The summed E-state index contributed by atoms with van der Waals surface area (Å²) in [7, 11) is -3.48. The minimum atomic E-state index is -3.48. The van der Waals surface area contributed by atoms with E-state index in [0.29, 0.717) is 4.90 Å². The molecule has 2 aromatic rings. The highest BCUT2D eigenvalue weighted by atomic mass is 32.2. The maximum absolute atomic E-state index is 12.8. The lowest BCUT2D eigenvalue weighted by Gasteiger charge is -2.24. The fraction of sp³-hybridized carbons (Fsp3) is 0.250. The second-order valence-corrected chi connectivity index (χ2v) is 7.11. The Morgan fingerprint density at radius 3 is 2.40 bits per heavy atom. The average Bonchev–Trinajstić information content (AvgIpc) is 2.75. The molecule has 0 N–H and O–H groups in total. The SMILES string of the molecule is Cc1ccc(S(=O)(=O)N2c3ccccc3C[C@H]2C)cc1. The molecule has 0 amide bonds. The van der Waals surface area contributed by atoms with Gasteiger partial charge in [0, 0.05) is 6.04 Å². The van der Waals surface area contributed by atoms with Gasteiger partial charge in [0.15, 0.2) is 0 Å². The van der Waals surface area contributed by atoms with E-state index in [-0.39, 0.29) is 6.04 Å². The van der Waals surface area contributed by atoms with E-state index >= 15 is 0 Å². The standard InChI is InChI=1S/C16H17NO2S/c1-12-7-9-15(10-8-12)20(18,19)17-13(2)11-14-5-3-4-6-16(14)17/h3-10,13H,11H2,1-2H3/t13-/m1/s1.